The molecule has 21 heavy (non-hydrogen) atoms. The molecule has 1 aromatic carbocycles. The van der Waals surface area contributed by atoms with Crippen molar-refractivity contribution in [3.05, 3.63) is 41.5 Å². The van der Waals surface area contributed by atoms with E-state index in [9.17, 15) is 4.39 Å². The molecule has 0 saturated heterocycles. The van der Waals surface area contributed by atoms with Crippen LogP contribution in [-0.4, -0.2) is 24.2 Å². The van der Waals surface area contributed by atoms with Gasteiger partial charge >= 0.3 is 0 Å². The average molecular weight is 312 g/mol. The van der Waals surface area contributed by atoms with Crippen LogP contribution in [0, 0.1) is 5.82 Å². The topological polar surface area (TPSA) is 70.3 Å². The summed E-state index contributed by atoms with van der Waals surface area (Å²) in [6.45, 7) is 1.63. The molecule has 0 spiro atoms. The number of para-hydroxylation sites is 1. The molecule has 0 aliphatic carbocycles. The van der Waals surface area contributed by atoms with Gasteiger partial charge in [0, 0.05) is 5.56 Å². The van der Waals surface area contributed by atoms with Gasteiger partial charge in [0.05, 0.1) is 26.0 Å². The minimum Gasteiger partial charge on any atom is -0.481 e. The lowest BCUT2D eigenvalue weighted by molar-refractivity contribution is 0.366. The van der Waals surface area contributed by atoms with Crippen LogP contribution in [0.1, 0.15) is 18.3 Å². The van der Waals surface area contributed by atoms with E-state index < -0.39 is 10.7 Å². The average Bonchev–Trinajstić information content (AvgIpc) is 2.49. The highest BCUT2D eigenvalue weighted by Gasteiger charge is 2.33. The van der Waals surface area contributed by atoms with Gasteiger partial charge in [-0.25, -0.2) is 4.39 Å². The van der Waals surface area contributed by atoms with Crippen molar-refractivity contribution in [1.82, 2.24) is 9.97 Å². The van der Waals surface area contributed by atoms with Crippen molar-refractivity contribution >= 4 is 17.3 Å². The fourth-order valence-corrected chi connectivity index (χ4v) is 2.14. The number of anilines is 1. The highest BCUT2D eigenvalue weighted by molar-refractivity contribution is 6.25. The minimum absolute atomic E-state index is 0.0413. The number of rotatable bonds is 4. The first kappa shape index (κ1) is 15.3. The van der Waals surface area contributed by atoms with Crippen LogP contribution < -0.4 is 15.2 Å². The first-order valence-electron chi connectivity index (χ1n) is 6.11. The van der Waals surface area contributed by atoms with Crippen LogP contribution in [0.25, 0.3) is 0 Å². The molecule has 1 atom stereocenters. The third-order valence-corrected chi connectivity index (χ3v) is 3.45. The number of ether oxygens (including phenoxy) is 2. The first-order valence-corrected chi connectivity index (χ1v) is 6.49. The number of nitrogens with two attached hydrogens (primary N) is 1. The Balaban J connectivity index is 2.60. The van der Waals surface area contributed by atoms with Crippen LogP contribution in [0.3, 0.4) is 0 Å². The first-order chi connectivity index (χ1) is 9.90. The van der Waals surface area contributed by atoms with E-state index in [2.05, 4.69) is 9.97 Å². The van der Waals surface area contributed by atoms with Crippen molar-refractivity contribution in [3.8, 4) is 11.8 Å². The summed E-state index contributed by atoms with van der Waals surface area (Å²) in [5.41, 5.74) is 6.10. The number of benzene rings is 1. The molecule has 2 N–H and O–H groups in total. The summed E-state index contributed by atoms with van der Waals surface area (Å²) in [5.74, 6) is 0.240. The molecule has 1 heterocycles. The second kappa shape index (κ2) is 5.73. The molecular formula is C14H15ClFN3O2. The van der Waals surface area contributed by atoms with Crippen molar-refractivity contribution in [3.63, 3.8) is 0 Å². The molecule has 0 aliphatic rings. The number of nitrogens with zero attached hydrogens (tertiary/aromatic N) is 2. The van der Waals surface area contributed by atoms with E-state index >= 15 is 0 Å². The summed E-state index contributed by atoms with van der Waals surface area (Å²) in [5, 5.41) is 0. The second-order valence-electron chi connectivity index (χ2n) is 4.48. The number of hydrogen-bond acceptors (Lipinski definition) is 5. The SMILES string of the molecule is COc1cc(OC)nc(C(C)(Cl)c2cccc(F)c2N)n1. The molecule has 0 saturated carbocycles. The van der Waals surface area contributed by atoms with Crippen LogP contribution in [-0.2, 0) is 4.87 Å². The van der Waals surface area contributed by atoms with Crippen molar-refractivity contribution in [2.45, 2.75) is 11.8 Å². The van der Waals surface area contributed by atoms with Gasteiger partial charge in [0.15, 0.2) is 5.82 Å². The highest BCUT2D eigenvalue weighted by Crippen LogP contribution is 2.39. The van der Waals surface area contributed by atoms with E-state index in [1.165, 1.54) is 32.4 Å². The number of alkyl halides is 1. The molecule has 0 amide bonds. The van der Waals surface area contributed by atoms with E-state index in [0.717, 1.165) is 0 Å². The largest absolute Gasteiger partial charge is 0.481 e. The monoisotopic (exact) mass is 311 g/mol. The van der Waals surface area contributed by atoms with Crippen molar-refractivity contribution in [2.24, 2.45) is 0 Å². The van der Waals surface area contributed by atoms with Gasteiger partial charge in [-0.1, -0.05) is 12.1 Å². The summed E-state index contributed by atoms with van der Waals surface area (Å²) in [6.07, 6.45) is 0. The third kappa shape index (κ3) is 2.85. The Kier molecular flexibility index (Phi) is 4.18. The Labute approximate surface area is 126 Å². The molecule has 2 rings (SSSR count). The zero-order valence-corrected chi connectivity index (χ0v) is 12.6. The molecule has 0 fully saturated rings. The van der Waals surface area contributed by atoms with E-state index in [0.29, 0.717) is 17.3 Å². The molecule has 112 valence electrons. The lowest BCUT2D eigenvalue weighted by atomic mass is 9.97. The van der Waals surface area contributed by atoms with E-state index in [4.69, 9.17) is 26.8 Å². The molecule has 0 bridgehead atoms. The van der Waals surface area contributed by atoms with Gasteiger partial charge in [-0.3, -0.25) is 0 Å². The van der Waals surface area contributed by atoms with E-state index in [1.807, 2.05) is 0 Å². The molecule has 0 radical (unpaired) electrons. The van der Waals surface area contributed by atoms with Gasteiger partial charge in [-0.05, 0) is 13.0 Å². The van der Waals surface area contributed by atoms with E-state index in [-0.39, 0.29) is 11.5 Å². The van der Waals surface area contributed by atoms with Crippen LogP contribution in [0.4, 0.5) is 10.1 Å². The lowest BCUT2D eigenvalue weighted by Gasteiger charge is -2.23. The Morgan fingerprint density at radius 1 is 1.19 bits per heavy atom. The predicted octanol–water partition coefficient (Wildman–Crippen LogP) is 2.72. The van der Waals surface area contributed by atoms with Gasteiger partial charge in [-0.15, -0.1) is 11.6 Å². The molecule has 1 unspecified atom stereocenters. The Hall–Kier alpha value is -2.08. The molecular weight excluding hydrogens is 297 g/mol. The number of halogens is 2. The summed E-state index contributed by atoms with van der Waals surface area (Å²) in [7, 11) is 2.93. The maximum absolute atomic E-state index is 13.6. The second-order valence-corrected chi connectivity index (χ2v) is 5.24. The zero-order valence-electron chi connectivity index (χ0n) is 11.9. The van der Waals surface area contributed by atoms with E-state index in [1.54, 1.807) is 13.0 Å². The molecule has 7 heteroatoms. The summed E-state index contributed by atoms with van der Waals surface area (Å²) >= 11 is 6.54. The fourth-order valence-electron chi connectivity index (χ4n) is 1.89. The molecule has 1 aromatic heterocycles. The van der Waals surface area contributed by atoms with Gasteiger partial charge in [0.1, 0.15) is 10.7 Å². The Morgan fingerprint density at radius 2 is 1.76 bits per heavy atom. The Morgan fingerprint density at radius 3 is 2.29 bits per heavy atom. The smallest absolute Gasteiger partial charge is 0.220 e. The van der Waals surface area contributed by atoms with Crippen molar-refractivity contribution in [2.75, 3.05) is 20.0 Å². The Bertz CT molecular complexity index is 642. The van der Waals surface area contributed by atoms with Crippen molar-refractivity contribution < 1.29 is 13.9 Å². The standard InChI is InChI=1S/C14H15ClFN3O2/c1-14(15,8-5-4-6-9(16)12(8)17)13-18-10(20-2)7-11(19-13)21-3/h4-7H,17H2,1-3H3. The highest BCUT2D eigenvalue weighted by atomic mass is 35.5. The third-order valence-electron chi connectivity index (χ3n) is 3.08. The van der Waals surface area contributed by atoms with Gasteiger partial charge in [-0.2, -0.15) is 9.97 Å². The normalized spacial score (nSPS) is 13.6. The molecule has 2 aromatic rings. The number of methoxy groups -OCH3 is 2. The predicted molar refractivity (Wildman–Crippen MR) is 78.3 cm³/mol. The van der Waals surface area contributed by atoms with Crippen molar-refractivity contribution in [1.29, 1.82) is 0 Å². The van der Waals surface area contributed by atoms with Gasteiger partial charge < -0.3 is 15.2 Å². The maximum atomic E-state index is 13.6. The van der Waals surface area contributed by atoms with Crippen LogP contribution in [0.15, 0.2) is 24.3 Å². The van der Waals surface area contributed by atoms with Gasteiger partial charge in [0.25, 0.3) is 0 Å². The summed E-state index contributed by atoms with van der Waals surface area (Å²) < 4.78 is 23.8. The molecule has 5 nitrogen and oxygen atoms in total. The number of hydrogen-bond donors (Lipinski definition) is 1. The van der Waals surface area contributed by atoms with Crippen LogP contribution >= 0.6 is 11.6 Å². The van der Waals surface area contributed by atoms with Crippen LogP contribution in [0.2, 0.25) is 0 Å². The maximum Gasteiger partial charge on any atom is 0.220 e. The molecule has 0 aliphatic heterocycles. The zero-order chi connectivity index (χ0) is 15.6. The minimum atomic E-state index is -1.23. The summed E-state index contributed by atoms with van der Waals surface area (Å²) in [4.78, 5) is 7.16. The van der Waals surface area contributed by atoms with Gasteiger partial charge in [0.2, 0.25) is 11.8 Å². The number of nitrogen functional groups attached to an aromatic ring is 1. The number of aromatic nitrogens is 2. The lowest BCUT2D eigenvalue weighted by Crippen LogP contribution is -2.22. The summed E-state index contributed by atoms with van der Waals surface area (Å²) in [6, 6.07) is 5.93. The quantitative estimate of drug-likeness (QED) is 0.694. The van der Waals surface area contributed by atoms with Crippen LogP contribution in [0.5, 0.6) is 11.8 Å². The fraction of sp³-hybridized carbons (Fsp3) is 0.286.